The van der Waals surface area contributed by atoms with Crippen LogP contribution in [-0.2, 0) is 22.0 Å². The summed E-state index contributed by atoms with van der Waals surface area (Å²) < 4.78 is 37.2. The van der Waals surface area contributed by atoms with Crippen molar-refractivity contribution in [3.8, 4) is 0 Å². The molecule has 0 amide bonds. The Bertz CT molecular complexity index is 930. The first-order valence-electron chi connectivity index (χ1n) is 8.96. The Balaban J connectivity index is 1.48. The number of sulfone groups is 1. The minimum atomic E-state index is -3.03. The summed E-state index contributed by atoms with van der Waals surface area (Å²) in [6.45, 7) is 0.683. The summed E-state index contributed by atoms with van der Waals surface area (Å²) in [5.41, 5.74) is 2.25. The monoisotopic (exact) mass is 404 g/mol. The molecule has 0 bridgehead atoms. The third-order valence-corrected chi connectivity index (χ3v) is 7.76. The van der Waals surface area contributed by atoms with Crippen LogP contribution in [-0.4, -0.2) is 48.6 Å². The molecule has 4 rings (SSSR count). The van der Waals surface area contributed by atoms with E-state index in [0.29, 0.717) is 6.54 Å². The SMILES string of the molecule is O=S1(=O)C[C@@H]2[C@@H](C1)N=C(SCc1ccccc1)N2CCc1ccc(F)cc1. The van der Waals surface area contributed by atoms with Crippen molar-refractivity contribution >= 4 is 26.8 Å². The molecule has 0 saturated carbocycles. The topological polar surface area (TPSA) is 49.7 Å². The van der Waals surface area contributed by atoms with Gasteiger partial charge in [-0.3, -0.25) is 4.99 Å². The van der Waals surface area contributed by atoms with Crippen molar-refractivity contribution in [3.05, 3.63) is 71.5 Å². The van der Waals surface area contributed by atoms with Gasteiger partial charge in [-0.25, -0.2) is 12.8 Å². The molecule has 1 fully saturated rings. The molecule has 7 heteroatoms. The van der Waals surface area contributed by atoms with Gasteiger partial charge in [0, 0.05) is 12.3 Å². The number of hydrogen-bond acceptors (Lipinski definition) is 5. The van der Waals surface area contributed by atoms with E-state index in [4.69, 9.17) is 4.99 Å². The van der Waals surface area contributed by atoms with Crippen LogP contribution in [0.4, 0.5) is 4.39 Å². The number of hydrogen-bond donors (Lipinski definition) is 0. The van der Waals surface area contributed by atoms with Crippen LogP contribution in [0.2, 0.25) is 0 Å². The van der Waals surface area contributed by atoms with E-state index in [-0.39, 0.29) is 29.4 Å². The Morgan fingerprint density at radius 3 is 2.52 bits per heavy atom. The molecule has 0 aliphatic carbocycles. The fourth-order valence-electron chi connectivity index (χ4n) is 3.59. The third kappa shape index (κ3) is 4.35. The van der Waals surface area contributed by atoms with E-state index in [1.165, 1.54) is 17.7 Å². The zero-order valence-electron chi connectivity index (χ0n) is 14.8. The maximum Gasteiger partial charge on any atom is 0.160 e. The van der Waals surface area contributed by atoms with Gasteiger partial charge in [-0.05, 0) is 29.7 Å². The molecule has 2 aliphatic rings. The van der Waals surface area contributed by atoms with Crippen LogP contribution < -0.4 is 0 Å². The van der Waals surface area contributed by atoms with E-state index >= 15 is 0 Å². The van der Waals surface area contributed by atoms with Gasteiger partial charge in [-0.15, -0.1) is 0 Å². The number of aliphatic imine (C=N–C) groups is 1. The number of halogens is 1. The Labute approximate surface area is 163 Å². The molecular weight excluding hydrogens is 383 g/mol. The van der Waals surface area contributed by atoms with Crippen molar-refractivity contribution in [2.75, 3.05) is 18.1 Å². The molecule has 0 N–H and O–H groups in total. The van der Waals surface area contributed by atoms with Crippen molar-refractivity contribution in [1.29, 1.82) is 0 Å². The summed E-state index contributed by atoms with van der Waals surface area (Å²) in [5.74, 6) is 0.862. The number of fused-ring (bicyclic) bond motifs is 1. The van der Waals surface area contributed by atoms with Crippen LogP contribution in [0.15, 0.2) is 59.6 Å². The van der Waals surface area contributed by atoms with Crippen LogP contribution in [0, 0.1) is 5.82 Å². The molecule has 0 radical (unpaired) electrons. The fraction of sp³-hybridized carbons (Fsp3) is 0.350. The van der Waals surface area contributed by atoms with E-state index in [9.17, 15) is 12.8 Å². The minimum Gasteiger partial charge on any atom is -0.345 e. The number of benzene rings is 2. The quantitative estimate of drug-likeness (QED) is 0.768. The van der Waals surface area contributed by atoms with E-state index < -0.39 is 9.84 Å². The van der Waals surface area contributed by atoms with Crippen LogP contribution in [0.5, 0.6) is 0 Å². The van der Waals surface area contributed by atoms with Gasteiger partial charge in [0.2, 0.25) is 0 Å². The average molecular weight is 405 g/mol. The highest BCUT2D eigenvalue weighted by atomic mass is 32.2. The lowest BCUT2D eigenvalue weighted by Crippen LogP contribution is -2.40. The summed E-state index contributed by atoms with van der Waals surface area (Å²) >= 11 is 1.66. The second-order valence-corrected chi connectivity index (χ2v) is 10.1. The number of amidine groups is 1. The van der Waals surface area contributed by atoms with Gasteiger partial charge in [-0.2, -0.15) is 0 Å². The maximum absolute atomic E-state index is 13.1. The predicted molar refractivity (Wildman–Crippen MR) is 108 cm³/mol. The molecule has 2 heterocycles. The van der Waals surface area contributed by atoms with Gasteiger partial charge >= 0.3 is 0 Å². The van der Waals surface area contributed by atoms with Crippen LogP contribution >= 0.6 is 11.8 Å². The van der Waals surface area contributed by atoms with Crippen LogP contribution in [0.25, 0.3) is 0 Å². The highest BCUT2D eigenvalue weighted by Crippen LogP contribution is 2.32. The summed E-state index contributed by atoms with van der Waals surface area (Å²) in [6.07, 6.45) is 0.731. The van der Waals surface area contributed by atoms with Crippen LogP contribution in [0.1, 0.15) is 11.1 Å². The molecule has 0 unspecified atom stereocenters. The number of rotatable bonds is 5. The fourth-order valence-corrected chi connectivity index (χ4v) is 6.56. The van der Waals surface area contributed by atoms with Crippen molar-refractivity contribution in [1.82, 2.24) is 4.90 Å². The largest absolute Gasteiger partial charge is 0.345 e. The Morgan fingerprint density at radius 2 is 1.78 bits per heavy atom. The molecule has 1 saturated heterocycles. The summed E-state index contributed by atoms with van der Waals surface area (Å²) in [4.78, 5) is 6.88. The average Bonchev–Trinajstić information content (AvgIpc) is 3.12. The number of nitrogens with zero attached hydrogens (tertiary/aromatic N) is 2. The molecular formula is C20H21FN2O2S2. The van der Waals surface area contributed by atoms with Crippen LogP contribution in [0.3, 0.4) is 0 Å². The van der Waals surface area contributed by atoms with E-state index in [1.807, 2.05) is 18.2 Å². The Hall–Kier alpha value is -1.86. The minimum absolute atomic E-state index is 0.0753. The zero-order valence-corrected chi connectivity index (χ0v) is 16.4. The standard InChI is InChI=1S/C20H21FN2O2S2/c21-17-8-6-15(7-9-17)10-11-23-19-14-27(24,25)13-18(19)22-20(23)26-12-16-4-2-1-3-5-16/h1-9,18-19H,10-14H2/t18-,19-/m1/s1. The van der Waals surface area contributed by atoms with Gasteiger partial charge in [0.15, 0.2) is 15.0 Å². The molecule has 2 aliphatic heterocycles. The highest BCUT2D eigenvalue weighted by Gasteiger charge is 2.46. The zero-order chi connectivity index (χ0) is 18.9. The van der Waals surface area contributed by atoms with Gasteiger partial charge in [0.05, 0.1) is 23.6 Å². The first-order chi connectivity index (χ1) is 13.0. The van der Waals surface area contributed by atoms with Gasteiger partial charge in [0.25, 0.3) is 0 Å². The second kappa shape index (κ2) is 7.64. The van der Waals surface area contributed by atoms with Crippen molar-refractivity contribution in [2.45, 2.75) is 24.3 Å². The van der Waals surface area contributed by atoms with Gasteiger partial charge in [-0.1, -0.05) is 54.2 Å². The Morgan fingerprint density at radius 1 is 1.04 bits per heavy atom. The lowest BCUT2D eigenvalue weighted by atomic mass is 10.1. The predicted octanol–water partition coefficient (Wildman–Crippen LogP) is 3.14. The lowest BCUT2D eigenvalue weighted by Gasteiger charge is -2.26. The normalized spacial score (nSPS) is 23.3. The summed E-state index contributed by atoms with van der Waals surface area (Å²) in [7, 11) is -3.03. The van der Waals surface area contributed by atoms with Crippen molar-refractivity contribution in [2.24, 2.45) is 4.99 Å². The molecule has 0 spiro atoms. The first kappa shape index (κ1) is 18.5. The van der Waals surface area contributed by atoms with Crippen molar-refractivity contribution in [3.63, 3.8) is 0 Å². The molecule has 142 valence electrons. The third-order valence-electron chi connectivity index (χ3n) is 4.98. The highest BCUT2D eigenvalue weighted by molar-refractivity contribution is 8.13. The molecule has 2 aromatic carbocycles. The maximum atomic E-state index is 13.1. The molecule has 4 nitrogen and oxygen atoms in total. The van der Waals surface area contributed by atoms with Gasteiger partial charge in [0.1, 0.15) is 5.82 Å². The molecule has 0 aromatic heterocycles. The van der Waals surface area contributed by atoms with Crippen molar-refractivity contribution < 1.29 is 12.8 Å². The van der Waals surface area contributed by atoms with E-state index in [1.54, 1.807) is 23.9 Å². The molecule has 2 aromatic rings. The lowest BCUT2D eigenvalue weighted by molar-refractivity contribution is 0.352. The first-order valence-corrected chi connectivity index (χ1v) is 11.8. The molecule has 2 atom stereocenters. The smallest absolute Gasteiger partial charge is 0.160 e. The summed E-state index contributed by atoms with van der Waals surface area (Å²) in [5, 5.41) is 0.922. The molecule has 27 heavy (non-hydrogen) atoms. The second-order valence-electron chi connectivity index (χ2n) is 6.97. The summed E-state index contributed by atoms with van der Waals surface area (Å²) in [6, 6.07) is 16.4. The van der Waals surface area contributed by atoms with Gasteiger partial charge < -0.3 is 4.90 Å². The Kier molecular flexibility index (Phi) is 5.23. The number of thioether (sulfide) groups is 1. The van der Waals surface area contributed by atoms with E-state index in [2.05, 4.69) is 17.0 Å². The van der Waals surface area contributed by atoms with E-state index in [0.717, 1.165) is 22.9 Å².